The van der Waals surface area contributed by atoms with Crippen molar-refractivity contribution in [3.8, 4) is 5.75 Å². The molecule has 0 unspecified atom stereocenters. The van der Waals surface area contributed by atoms with Crippen LogP contribution in [0.15, 0.2) is 24.3 Å². The van der Waals surface area contributed by atoms with Crippen molar-refractivity contribution in [2.45, 2.75) is 65.4 Å². The molecule has 2 nitrogen and oxygen atoms in total. The summed E-state index contributed by atoms with van der Waals surface area (Å²) in [4.78, 5) is 0. The molecule has 1 fully saturated rings. The highest BCUT2D eigenvalue weighted by Crippen LogP contribution is 2.36. The zero-order chi connectivity index (χ0) is 15.5. The normalized spacial score (nSPS) is 20.3. The van der Waals surface area contributed by atoms with Gasteiger partial charge in [-0.3, -0.25) is 0 Å². The van der Waals surface area contributed by atoms with Crippen LogP contribution >= 0.6 is 0 Å². The van der Waals surface area contributed by atoms with E-state index < -0.39 is 0 Å². The van der Waals surface area contributed by atoms with Gasteiger partial charge in [0.1, 0.15) is 11.9 Å². The van der Waals surface area contributed by atoms with Gasteiger partial charge in [-0.25, -0.2) is 0 Å². The topological polar surface area (TPSA) is 21.3 Å². The van der Waals surface area contributed by atoms with Gasteiger partial charge in [-0.15, -0.1) is 0 Å². The average molecular weight is 289 g/mol. The highest BCUT2D eigenvalue weighted by atomic mass is 16.5. The summed E-state index contributed by atoms with van der Waals surface area (Å²) in [5.74, 6) is 0.999. The van der Waals surface area contributed by atoms with Crippen LogP contribution in [0.5, 0.6) is 5.75 Å². The second-order valence-corrected chi connectivity index (χ2v) is 8.23. The fourth-order valence-corrected chi connectivity index (χ4v) is 3.53. The molecule has 1 aliphatic rings. The van der Waals surface area contributed by atoms with Crippen LogP contribution in [-0.4, -0.2) is 19.2 Å². The summed E-state index contributed by atoms with van der Waals surface area (Å²) in [6, 6.07) is 8.73. The third-order valence-electron chi connectivity index (χ3n) is 4.16. The van der Waals surface area contributed by atoms with Crippen LogP contribution in [0.2, 0.25) is 0 Å². The third-order valence-corrected chi connectivity index (χ3v) is 4.16. The third kappa shape index (κ3) is 5.03. The Hall–Kier alpha value is -1.02. The van der Waals surface area contributed by atoms with Gasteiger partial charge < -0.3 is 10.1 Å². The average Bonchev–Trinajstić information content (AvgIpc) is 2.38. The number of hydrogen-bond donors (Lipinski definition) is 1. The minimum atomic E-state index is 0.198. The number of rotatable bonds is 4. The molecular weight excluding hydrogens is 258 g/mol. The zero-order valence-electron chi connectivity index (χ0n) is 14.3. The van der Waals surface area contributed by atoms with Crippen LogP contribution < -0.4 is 10.1 Å². The monoisotopic (exact) mass is 289 g/mol. The lowest BCUT2D eigenvalue weighted by molar-refractivity contribution is 0.167. The summed E-state index contributed by atoms with van der Waals surface area (Å²) in [6.45, 7) is 13.7. The number of benzene rings is 1. The molecule has 0 aliphatic carbocycles. The van der Waals surface area contributed by atoms with Gasteiger partial charge in [0.2, 0.25) is 0 Å². The highest BCUT2D eigenvalue weighted by Gasteiger charge is 2.27. The molecule has 1 atom stereocenters. The van der Waals surface area contributed by atoms with Gasteiger partial charge in [0, 0.05) is 6.54 Å². The van der Waals surface area contributed by atoms with Crippen LogP contribution in [0.4, 0.5) is 0 Å². The van der Waals surface area contributed by atoms with Crippen molar-refractivity contribution in [1.29, 1.82) is 0 Å². The highest BCUT2D eigenvalue weighted by molar-refractivity contribution is 5.32. The maximum atomic E-state index is 6.06. The van der Waals surface area contributed by atoms with Crippen LogP contribution in [0.3, 0.4) is 0 Å². The molecule has 1 aromatic carbocycles. The summed E-state index contributed by atoms with van der Waals surface area (Å²) < 4.78 is 6.06. The van der Waals surface area contributed by atoms with E-state index in [2.05, 4.69) is 64.2 Å². The number of ether oxygens (including phenoxy) is 1. The number of piperidine rings is 1. The molecule has 1 N–H and O–H groups in total. The van der Waals surface area contributed by atoms with Gasteiger partial charge in [0.15, 0.2) is 0 Å². The SMILES string of the molecule is CC(C)(C)CC(C)(C)c1ccc(O[C@@H]2CCCNC2)cc1. The van der Waals surface area contributed by atoms with E-state index in [1.165, 1.54) is 18.4 Å². The van der Waals surface area contributed by atoms with Crippen LogP contribution in [0, 0.1) is 5.41 Å². The van der Waals surface area contributed by atoms with Gasteiger partial charge in [-0.1, -0.05) is 46.8 Å². The molecule has 1 saturated heterocycles. The van der Waals surface area contributed by atoms with Crippen molar-refractivity contribution in [1.82, 2.24) is 5.32 Å². The predicted octanol–water partition coefficient (Wildman–Crippen LogP) is 4.53. The first kappa shape index (κ1) is 16.4. The van der Waals surface area contributed by atoms with E-state index in [1.807, 2.05) is 0 Å². The van der Waals surface area contributed by atoms with E-state index in [4.69, 9.17) is 4.74 Å². The lowest BCUT2D eigenvalue weighted by Gasteiger charge is -2.33. The van der Waals surface area contributed by atoms with Crippen molar-refractivity contribution < 1.29 is 4.74 Å². The van der Waals surface area contributed by atoms with Gasteiger partial charge >= 0.3 is 0 Å². The van der Waals surface area contributed by atoms with Crippen LogP contribution in [0.25, 0.3) is 0 Å². The van der Waals surface area contributed by atoms with Gasteiger partial charge in [-0.2, -0.15) is 0 Å². The Morgan fingerprint density at radius 3 is 2.29 bits per heavy atom. The standard InChI is InChI=1S/C19H31NO/c1-18(2,3)14-19(4,5)15-8-10-16(11-9-15)21-17-7-6-12-20-13-17/h8-11,17,20H,6-7,12-14H2,1-5H3/t17-/m1/s1. The summed E-state index contributed by atoms with van der Waals surface area (Å²) in [5, 5.41) is 3.39. The van der Waals surface area contributed by atoms with Crippen molar-refractivity contribution in [2.24, 2.45) is 5.41 Å². The molecule has 2 rings (SSSR count). The molecule has 0 spiro atoms. The quantitative estimate of drug-likeness (QED) is 0.879. The second kappa shape index (κ2) is 6.39. The lowest BCUT2D eigenvalue weighted by Crippen LogP contribution is -2.37. The summed E-state index contributed by atoms with van der Waals surface area (Å²) in [7, 11) is 0. The maximum absolute atomic E-state index is 6.06. The minimum absolute atomic E-state index is 0.198. The fraction of sp³-hybridized carbons (Fsp3) is 0.684. The van der Waals surface area contributed by atoms with Crippen LogP contribution in [-0.2, 0) is 5.41 Å². The maximum Gasteiger partial charge on any atom is 0.119 e. The Morgan fingerprint density at radius 2 is 1.76 bits per heavy atom. The number of hydrogen-bond acceptors (Lipinski definition) is 2. The minimum Gasteiger partial charge on any atom is -0.489 e. The zero-order valence-corrected chi connectivity index (χ0v) is 14.3. The van der Waals surface area contributed by atoms with Crippen LogP contribution in [0.1, 0.15) is 59.4 Å². The lowest BCUT2D eigenvalue weighted by atomic mass is 9.72. The first-order chi connectivity index (χ1) is 9.76. The summed E-state index contributed by atoms with van der Waals surface area (Å²) in [6.07, 6.45) is 3.87. The van der Waals surface area contributed by atoms with Gasteiger partial charge in [0.05, 0.1) is 0 Å². The van der Waals surface area contributed by atoms with E-state index in [-0.39, 0.29) is 5.41 Å². The molecule has 1 aromatic rings. The summed E-state index contributed by atoms with van der Waals surface area (Å²) in [5.41, 5.74) is 1.93. The predicted molar refractivity (Wildman–Crippen MR) is 90.1 cm³/mol. The smallest absolute Gasteiger partial charge is 0.119 e. The summed E-state index contributed by atoms with van der Waals surface area (Å²) >= 11 is 0. The Morgan fingerprint density at radius 1 is 1.10 bits per heavy atom. The Balaban J connectivity index is 2.00. The van der Waals surface area contributed by atoms with Crippen molar-refractivity contribution in [2.75, 3.05) is 13.1 Å². The fourth-order valence-electron chi connectivity index (χ4n) is 3.53. The first-order valence-corrected chi connectivity index (χ1v) is 8.24. The Kier molecular flexibility index (Phi) is 4.98. The van der Waals surface area contributed by atoms with E-state index in [9.17, 15) is 0 Å². The Bertz CT molecular complexity index is 436. The molecule has 2 heteroatoms. The molecule has 0 saturated carbocycles. The van der Waals surface area contributed by atoms with E-state index >= 15 is 0 Å². The van der Waals surface area contributed by atoms with Crippen molar-refractivity contribution in [3.63, 3.8) is 0 Å². The molecule has 0 radical (unpaired) electrons. The molecular formula is C19H31NO. The molecule has 0 bridgehead atoms. The number of nitrogens with one attached hydrogen (secondary N) is 1. The molecule has 118 valence electrons. The molecule has 1 aliphatic heterocycles. The molecule has 0 aromatic heterocycles. The van der Waals surface area contributed by atoms with Crippen molar-refractivity contribution in [3.05, 3.63) is 29.8 Å². The molecule has 21 heavy (non-hydrogen) atoms. The van der Waals surface area contributed by atoms with Gasteiger partial charge in [0.25, 0.3) is 0 Å². The van der Waals surface area contributed by atoms with E-state index in [0.717, 1.165) is 25.3 Å². The van der Waals surface area contributed by atoms with E-state index in [1.54, 1.807) is 0 Å². The Labute approximate surface area is 130 Å². The van der Waals surface area contributed by atoms with Gasteiger partial charge in [-0.05, 0) is 54.3 Å². The second-order valence-electron chi connectivity index (χ2n) is 8.23. The van der Waals surface area contributed by atoms with E-state index in [0.29, 0.717) is 11.5 Å². The molecule has 0 amide bonds. The first-order valence-electron chi connectivity index (χ1n) is 8.24. The van der Waals surface area contributed by atoms with Crippen molar-refractivity contribution >= 4 is 0 Å². The largest absolute Gasteiger partial charge is 0.489 e. The molecule has 1 heterocycles.